The molecule has 0 fully saturated rings. The number of hydrogen-bond donors (Lipinski definition) is 1. The zero-order valence-electron chi connectivity index (χ0n) is 11.2. The minimum Gasteiger partial charge on any atom is -0.325 e. The van der Waals surface area contributed by atoms with Gasteiger partial charge in [0.25, 0.3) is 0 Å². The van der Waals surface area contributed by atoms with Crippen LogP contribution in [0.2, 0.25) is 0 Å². The molecule has 2 aromatic rings. The number of aryl methyl sites for hydroxylation is 2. The summed E-state index contributed by atoms with van der Waals surface area (Å²) < 4.78 is 1.89. The van der Waals surface area contributed by atoms with Crippen LogP contribution in [0.15, 0.2) is 30.3 Å². The Kier molecular flexibility index (Phi) is 4.15. The van der Waals surface area contributed by atoms with Crippen molar-refractivity contribution in [2.45, 2.75) is 32.7 Å². The van der Waals surface area contributed by atoms with Gasteiger partial charge in [-0.25, -0.2) is 0 Å². The van der Waals surface area contributed by atoms with E-state index in [4.69, 9.17) is 5.73 Å². The Morgan fingerprint density at radius 2 is 1.94 bits per heavy atom. The molecule has 96 valence electrons. The summed E-state index contributed by atoms with van der Waals surface area (Å²) in [5.41, 5.74) is 10.3. The molecule has 1 aromatic carbocycles. The summed E-state index contributed by atoms with van der Waals surface area (Å²) in [5, 5.41) is 4.37. The van der Waals surface area contributed by atoms with Crippen molar-refractivity contribution in [3.05, 3.63) is 41.6 Å². The monoisotopic (exact) mass is 243 g/mol. The van der Waals surface area contributed by atoms with Crippen LogP contribution >= 0.6 is 0 Å². The second-order valence-electron chi connectivity index (χ2n) is 4.65. The van der Waals surface area contributed by atoms with Crippen LogP contribution in [-0.2, 0) is 20.0 Å². The van der Waals surface area contributed by atoms with Crippen LogP contribution in [0, 0.1) is 0 Å². The van der Waals surface area contributed by atoms with Crippen LogP contribution < -0.4 is 5.73 Å². The molecule has 2 rings (SSSR count). The smallest absolute Gasteiger partial charge is 0.0766 e. The van der Waals surface area contributed by atoms with Gasteiger partial charge in [-0.2, -0.15) is 5.10 Å². The summed E-state index contributed by atoms with van der Waals surface area (Å²) >= 11 is 0. The molecule has 0 unspecified atom stereocenters. The SMILES string of the molecule is CCCCc1ccc(-c2cc(CN)nn2C)cc1. The van der Waals surface area contributed by atoms with Crippen LogP contribution in [0.25, 0.3) is 11.3 Å². The molecule has 18 heavy (non-hydrogen) atoms. The van der Waals surface area contributed by atoms with Gasteiger partial charge in [0.05, 0.1) is 11.4 Å². The number of rotatable bonds is 5. The lowest BCUT2D eigenvalue weighted by Gasteiger charge is -2.04. The van der Waals surface area contributed by atoms with E-state index in [-0.39, 0.29) is 0 Å². The molecule has 0 aliphatic heterocycles. The van der Waals surface area contributed by atoms with Gasteiger partial charge in [-0.15, -0.1) is 0 Å². The maximum absolute atomic E-state index is 5.61. The van der Waals surface area contributed by atoms with Crippen molar-refractivity contribution in [2.75, 3.05) is 0 Å². The fourth-order valence-corrected chi connectivity index (χ4v) is 2.12. The average molecular weight is 243 g/mol. The van der Waals surface area contributed by atoms with Crippen molar-refractivity contribution in [2.24, 2.45) is 12.8 Å². The molecule has 0 saturated heterocycles. The fraction of sp³-hybridized carbons (Fsp3) is 0.400. The molecule has 0 saturated carbocycles. The summed E-state index contributed by atoms with van der Waals surface area (Å²) in [7, 11) is 1.96. The Morgan fingerprint density at radius 3 is 2.50 bits per heavy atom. The number of benzene rings is 1. The van der Waals surface area contributed by atoms with Gasteiger partial charge in [-0.1, -0.05) is 37.6 Å². The minimum atomic E-state index is 0.489. The molecule has 1 aromatic heterocycles. The average Bonchev–Trinajstić information content (AvgIpc) is 2.78. The molecule has 0 spiro atoms. The van der Waals surface area contributed by atoms with E-state index in [1.54, 1.807) is 0 Å². The molecule has 0 bridgehead atoms. The van der Waals surface area contributed by atoms with E-state index in [0.29, 0.717) is 6.54 Å². The highest BCUT2D eigenvalue weighted by atomic mass is 15.3. The zero-order chi connectivity index (χ0) is 13.0. The molecule has 3 heteroatoms. The van der Waals surface area contributed by atoms with Crippen LogP contribution in [0.4, 0.5) is 0 Å². The molecule has 0 radical (unpaired) electrons. The summed E-state index contributed by atoms with van der Waals surface area (Å²) in [6.45, 7) is 2.71. The Bertz CT molecular complexity index is 497. The lowest BCUT2D eigenvalue weighted by Crippen LogP contribution is -1.98. The van der Waals surface area contributed by atoms with E-state index in [1.807, 2.05) is 11.7 Å². The van der Waals surface area contributed by atoms with Crippen LogP contribution in [0.1, 0.15) is 31.0 Å². The molecule has 1 heterocycles. The highest BCUT2D eigenvalue weighted by Gasteiger charge is 2.06. The van der Waals surface area contributed by atoms with E-state index in [0.717, 1.165) is 17.8 Å². The molecule has 0 atom stereocenters. The maximum atomic E-state index is 5.61. The molecule has 2 N–H and O–H groups in total. The number of nitrogens with zero attached hydrogens (tertiary/aromatic N) is 2. The Labute approximate surface area is 109 Å². The Morgan fingerprint density at radius 1 is 1.22 bits per heavy atom. The third-order valence-electron chi connectivity index (χ3n) is 3.21. The van der Waals surface area contributed by atoms with Gasteiger partial charge < -0.3 is 5.73 Å². The van der Waals surface area contributed by atoms with Crippen molar-refractivity contribution >= 4 is 0 Å². The quantitative estimate of drug-likeness (QED) is 0.877. The number of nitrogens with two attached hydrogens (primary N) is 1. The second-order valence-corrected chi connectivity index (χ2v) is 4.65. The van der Waals surface area contributed by atoms with E-state index >= 15 is 0 Å². The maximum Gasteiger partial charge on any atom is 0.0766 e. The van der Waals surface area contributed by atoms with Crippen LogP contribution in [0.3, 0.4) is 0 Å². The van der Waals surface area contributed by atoms with Gasteiger partial charge in [-0.05, 0) is 30.0 Å². The second kappa shape index (κ2) is 5.83. The van der Waals surface area contributed by atoms with Crippen molar-refractivity contribution in [3.8, 4) is 11.3 Å². The third-order valence-corrected chi connectivity index (χ3v) is 3.21. The van der Waals surface area contributed by atoms with Crippen LogP contribution in [0.5, 0.6) is 0 Å². The summed E-state index contributed by atoms with van der Waals surface area (Å²) in [6.07, 6.45) is 3.65. The number of hydrogen-bond acceptors (Lipinski definition) is 2. The van der Waals surface area contributed by atoms with E-state index < -0.39 is 0 Å². The largest absolute Gasteiger partial charge is 0.325 e. The minimum absolute atomic E-state index is 0.489. The fourth-order valence-electron chi connectivity index (χ4n) is 2.12. The Hall–Kier alpha value is -1.61. The van der Waals surface area contributed by atoms with Crippen molar-refractivity contribution in [3.63, 3.8) is 0 Å². The molecule has 0 aliphatic carbocycles. The van der Waals surface area contributed by atoms with Gasteiger partial charge in [0.1, 0.15) is 0 Å². The highest BCUT2D eigenvalue weighted by Crippen LogP contribution is 2.20. The van der Waals surface area contributed by atoms with Crippen molar-refractivity contribution in [1.29, 1.82) is 0 Å². The van der Waals surface area contributed by atoms with Gasteiger partial charge >= 0.3 is 0 Å². The van der Waals surface area contributed by atoms with Gasteiger partial charge in [0.15, 0.2) is 0 Å². The normalized spacial score (nSPS) is 10.8. The zero-order valence-corrected chi connectivity index (χ0v) is 11.2. The van der Waals surface area contributed by atoms with Crippen LogP contribution in [-0.4, -0.2) is 9.78 Å². The molecular formula is C15H21N3. The summed E-state index contributed by atoms with van der Waals surface area (Å²) in [5.74, 6) is 0. The first kappa shape index (κ1) is 12.8. The van der Waals surface area contributed by atoms with E-state index in [1.165, 1.54) is 24.0 Å². The van der Waals surface area contributed by atoms with Crippen molar-refractivity contribution < 1.29 is 0 Å². The lowest BCUT2D eigenvalue weighted by atomic mass is 10.0. The van der Waals surface area contributed by atoms with Gasteiger partial charge in [0, 0.05) is 13.6 Å². The standard InChI is InChI=1S/C15H21N3/c1-3-4-5-12-6-8-13(9-7-12)15-10-14(11-16)17-18(15)2/h6-10H,3-5,11,16H2,1-2H3. The predicted octanol–water partition coefficient (Wildman–Crippen LogP) is 2.89. The summed E-state index contributed by atoms with van der Waals surface area (Å²) in [4.78, 5) is 0. The first-order valence-electron chi connectivity index (χ1n) is 6.57. The van der Waals surface area contributed by atoms with E-state index in [9.17, 15) is 0 Å². The lowest BCUT2D eigenvalue weighted by molar-refractivity contribution is 0.749. The predicted molar refractivity (Wildman–Crippen MR) is 75.1 cm³/mol. The first-order valence-corrected chi connectivity index (χ1v) is 6.57. The highest BCUT2D eigenvalue weighted by molar-refractivity contribution is 5.60. The van der Waals surface area contributed by atoms with Crippen molar-refractivity contribution in [1.82, 2.24) is 9.78 Å². The summed E-state index contributed by atoms with van der Waals surface area (Å²) in [6, 6.07) is 10.8. The molecule has 0 amide bonds. The number of unbranched alkanes of at least 4 members (excludes halogenated alkanes) is 1. The van der Waals surface area contributed by atoms with Gasteiger partial charge in [0.2, 0.25) is 0 Å². The number of aromatic nitrogens is 2. The Balaban J connectivity index is 2.20. The third kappa shape index (κ3) is 2.79. The first-order chi connectivity index (χ1) is 8.74. The van der Waals surface area contributed by atoms with Gasteiger partial charge in [-0.3, -0.25) is 4.68 Å². The van der Waals surface area contributed by atoms with E-state index in [2.05, 4.69) is 42.4 Å². The molecule has 3 nitrogen and oxygen atoms in total. The topological polar surface area (TPSA) is 43.8 Å². The molecule has 0 aliphatic rings. The molecular weight excluding hydrogens is 222 g/mol.